The molecule has 0 aromatic heterocycles. The molecule has 2 aromatic carbocycles. The third-order valence-electron chi connectivity index (χ3n) is 9.91. The molecule has 2 N–H and O–H groups in total. The van der Waals surface area contributed by atoms with Crippen molar-refractivity contribution >= 4 is 38.8 Å². The summed E-state index contributed by atoms with van der Waals surface area (Å²) in [5.74, 6) is 4.92. The van der Waals surface area contributed by atoms with Crippen LogP contribution in [0.4, 0.5) is 5.69 Å². The number of fused-ring (bicyclic) bond motifs is 4. The molecule has 7 nitrogen and oxygen atoms in total. The molecule has 0 radical (unpaired) electrons. The predicted octanol–water partition coefficient (Wildman–Crippen LogP) is 4.93. The second-order valence-electron chi connectivity index (χ2n) is 12.5. The maximum absolute atomic E-state index is 13.5. The maximum Gasteiger partial charge on any atom is 0.262 e. The first-order chi connectivity index (χ1) is 20.2. The van der Waals surface area contributed by atoms with E-state index >= 15 is 0 Å². The lowest BCUT2D eigenvalue weighted by Gasteiger charge is -2.46. The highest BCUT2D eigenvalue weighted by Gasteiger charge is 2.44. The van der Waals surface area contributed by atoms with Gasteiger partial charge in [0, 0.05) is 36.2 Å². The monoisotopic (exact) mass is 612 g/mol. The molecule has 1 amide bonds. The minimum absolute atomic E-state index is 0.0198. The molecule has 2 bridgehead atoms. The van der Waals surface area contributed by atoms with Crippen LogP contribution in [-0.2, 0) is 26.3 Å². The molecule has 6 atom stereocenters. The first-order valence-electron chi connectivity index (χ1n) is 15.0. The summed E-state index contributed by atoms with van der Waals surface area (Å²) in [7, 11) is -1.34. The van der Waals surface area contributed by atoms with Crippen LogP contribution < -0.4 is 14.4 Å². The van der Waals surface area contributed by atoms with Gasteiger partial charge in [-0.1, -0.05) is 29.8 Å². The smallest absolute Gasteiger partial charge is 0.262 e. The molecule has 9 heteroatoms. The average molecular weight is 613 g/mol. The number of aliphatic hydroxyl groups excluding tert-OH is 1. The highest BCUT2D eigenvalue weighted by molar-refractivity contribution is 7.99. The number of nitrogens with one attached hydrogen (secondary N) is 1. The van der Waals surface area contributed by atoms with Crippen molar-refractivity contribution in [2.75, 3.05) is 38.3 Å². The summed E-state index contributed by atoms with van der Waals surface area (Å²) in [5.41, 5.74) is 3.64. The SMILES string of the molecule is C=S1(=O)NC(=O)c2ccc3c(c2)N(C[C@@H]2CC[C@H]2[C@@H](OC)/C=C/CC[C@@H]1CO)C[C@@]1(CCCc2cc(Cl)ccc21)CO3. The van der Waals surface area contributed by atoms with E-state index in [1.54, 1.807) is 13.2 Å². The van der Waals surface area contributed by atoms with Crippen molar-refractivity contribution in [3.8, 4) is 5.75 Å². The van der Waals surface area contributed by atoms with Gasteiger partial charge in [-0.2, -0.15) is 0 Å². The van der Waals surface area contributed by atoms with Crippen molar-refractivity contribution < 1.29 is 23.6 Å². The quantitative estimate of drug-likeness (QED) is 0.370. The molecule has 1 spiro atoms. The molecule has 2 aromatic rings. The van der Waals surface area contributed by atoms with Crippen LogP contribution in [0.5, 0.6) is 5.75 Å². The van der Waals surface area contributed by atoms with Gasteiger partial charge in [-0.15, -0.1) is 0 Å². The minimum Gasteiger partial charge on any atom is -0.490 e. The van der Waals surface area contributed by atoms with Crippen LogP contribution >= 0.6 is 11.6 Å². The highest BCUT2D eigenvalue weighted by Crippen LogP contribution is 2.47. The summed E-state index contributed by atoms with van der Waals surface area (Å²) in [6.07, 6.45) is 10.5. The van der Waals surface area contributed by atoms with Gasteiger partial charge in [-0.3, -0.25) is 9.52 Å². The fourth-order valence-corrected chi connectivity index (χ4v) is 8.95. The van der Waals surface area contributed by atoms with E-state index in [1.807, 2.05) is 18.2 Å². The molecule has 0 saturated heterocycles. The Morgan fingerprint density at radius 1 is 1.24 bits per heavy atom. The van der Waals surface area contributed by atoms with Crippen molar-refractivity contribution in [2.24, 2.45) is 11.8 Å². The van der Waals surface area contributed by atoms with E-state index in [0.29, 0.717) is 36.8 Å². The Kier molecular flexibility index (Phi) is 8.35. The molecule has 1 unspecified atom stereocenters. The van der Waals surface area contributed by atoms with Gasteiger partial charge in [0.25, 0.3) is 5.91 Å². The molecule has 1 fully saturated rings. The highest BCUT2D eigenvalue weighted by atomic mass is 35.5. The number of carbonyl (C=O) groups is 1. The third kappa shape index (κ3) is 5.59. The minimum atomic E-state index is -3.10. The van der Waals surface area contributed by atoms with Gasteiger partial charge in [0.15, 0.2) is 0 Å². The largest absolute Gasteiger partial charge is 0.490 e. The number of hydrogen-bond acceptors (Lipinski definition) is 6. The lowest BCUT2D eigenvalue weighted by atomic mass is 9.68. The molecule has 1 saturated carbocycles. The number of ether oxygens (including phenoxy) is 2. The maximum atomic E-state index is 13.5. The Morgan fingerprint density at radius 2 is 2.10 bits per heavy atom. The third-order valence-corrected chi connectivity index (χ3v) is 12.1. The molecule has 2 heterocycles. The van der Waals surface area contributed by atoms with Crippen LogP contribution in [-0.4, -0.2) is 65.9 Å². The molecule has 226 valence electrons. The fraction of sp³-hybridized carbons (Fsp3) is 0.515. The number of rotatable bonds is 2. The van der Waals surface area contributed by atoms with Crippen LogP contribution in [0.1, 0.15) is 60.0 Å². The van der Waals surface area contributed by atoms with E-state index in [0.717, 1.165) is 61.7 Å². The van der Waals surface area contributed by atoms with E-state index in [-0.39, 0.29) is 18.1 Å². The fourth-order valence-electron chi connectivity index (χ4n) is 7.40. The Bertz CT molecular complexity index is 1480. The number of halogens is 1. The lowest BCUT2D eigenvalue weighted by Crippen LogP contribution is -2.49. The van der Waals surface area contributed by atoms with Gasteiger partial charge >= 0.3 is 0 Å². The normalized spacial score (nSPS) is 33.8. The van der Waals surface area contributed by atoms with Gasteiger partial charge < -0.3 is 19.5 Å². The summed E-state index contributed by atoms with van der Waals surface area (Å²) in [5, 5.41) is 10.1. The van der Waals surface area contributed by atoms with Gasteiger partial charge in [0.05, 0.1) is 40.0 Å². The number of methoxy groups -OCH3 is 1. The summed E-state index contributed by atoms with van der Waals surface area (Å²) in [4.78, 5) is 15.9. The van der Waals surface area contributed by atoms with Gasteiger partial charge in [0.1, 0.15) is 5.75 Å². The van der Waals surface area contributed by atoms with Crippen LogP contribution in [0, 0.1) is 11.8 Å². The van der Waals surface area contributed by atoms with Gasteiger partial charge in [-0.05, 0) is 104 Å². The Labute approximate surface area is 254 Å². The second-order valence-corrected chi connectivity index (χ2v) is 15.2. The van der Waals surface area contributed by atoms with E-state index in [4.69, 9.17) is 21.1 Å². The van der Waals surface area contributed by atoms with E-state index in [9.17, 15) is 14.1 Å². The second kappa shape index (κ2) is 11.9. The van der Waals surface area contributed by atoms with E-state index < -0.39 is 20.9 Å². The van der Waals surface area contributed by atoms with Gasteiger partial charge in [-0.25, -0.2) is 4.21 Å². The Morgan fingerprint density at radius 3 is 2.86 bits per heavy atom. The number of hydrogen-bond donors (Lipinski definition) is 2. The number of benzene rings is 2. The number of carbonyl (C=O) groups excluding carboxylic acids is 1. The topological polar surface area (TPSA) is 88.1 Å². The average Bonchev–Trinajstić information content (AvgIpc) is 3.10. The first kappa shape index (κ1) is 29.5. The number of allylic oxidation sites excluding steroid dienone is 1. The molecular weight excluding hydrogens is 572 g/mol. The van der Waals surface area contributed by atoms with Crippen LogP contribution in [0.15, 0.2) is 48.6 Å². The van der Waals surface area contributed by atoms with Crippen LogP contribution in [0.2, 0.25) is 5.02 Å². The van der Waals surface area contributed by atoms with Gasteiger partial charge in [0.2, 0.25) is 0 Å². The number of aliphatic hydroxyl groups is 1. The van der Waals surface area contributed by atoms with Crippen molar-refractivity contribution in [1.82, 2.24) is 4.72 Å². The molecule has 2 aliphatic carbocycles. The molecule has 2 aliphatic heterocycles. The zero-order chi connectivity index (χ0) is 29.5. The van der Waals surface area contributed by atoms with Crippen LogP contribution in [0.3, 0.4) is 0 Å². The number of anilines is 1. The molecule has 6 rings (SSSR count). The molecular formula is C33H41ClN2O5S. The van der Waals surface area contributed by atoms with Crippen molar-refractivity contribution in [2.45, 2.75) is 61.7 Å². The van der Waals surface area contributed by atoms with Crippen LogP contribution in [0.25, 0.3) is 0 Å². The zero-order valence-electron chi connectivity index (χ0n) is 24.2. The number of aryl methyl sites for hydroxylation is 1. The van der Waals surface area contributed by atoms with Crippen molar-refractivity contribution in [1.29, 1.82) is 0 Å². The Hall–Kier alpha value is -2.52. The predicted molar refractivity (Wildman–Crippen MR) is 169 cm³/mol. The molecule has 4 aliphatic rings. The summed E-state index contributed by atoms with van der Waals surface area (Å²) < 4.78 is 28.7. The summed E-state index contributed by atoms with van der Waals surface area (Å²) in [6, 6.07) is 11.7. The Balaban J connectivity index is 1.42. The lowest BCUT2D eigenvalue weighted by molar-refractivity contribution is 0.0131. The standard InChI is InChI=1S/C33H41ClN2O5S/c1-40-30-8-4-3-7-26(19-37)42(2,39)35-32(38)23-10-14-31-29(17-23)36(18-24-9-12-27(24)30)20-33(21-41-31)15-5-6-22-16-25(34)11-13-28(22)33/h4,8,10-11,13-14,16-17,24,26-27,30,37H,2-3,5-7,9,12,15,18-21H2,1H3,(H,35,38,39)/b8-4+/t24-,26+,27+,30-,33-,42?/m0/s1. The van der Waals surface area contributed by atoms with E-state index in [1.165, 1.54) is 11.1 Å². The van der Waals surface area contributed by atoms with E-state index in [2.05, 4.69) is 39.8 Å². The zero-order valence-corrected chi connectivity index (χ0v) is 25.8. The summed E-state index contributed by atoms with van der Waals surface area (Å²) in [6.45, 7) is 1.80. The first-order valence-corrected chi connectivity index (χ1v) is 17.2. The van der Waals surface area contributed by atoms with Crippen molar-refractivity contribution in [3.63, 3.8) is 0 Å². The number of nitrogens with zero attached hydrogens (tertiary/aromatic N) is 1. The number of amides is 1. The summed E-state index contributed by atoms with van der Waals surface area (Å²) >= 11 is 6.41. The molecule has 42 heavy (non-hydrogen) atoms. The van der Waals surface area contributed by atoms with Crippen molar-refractivity contribution in [3.05, 3.63) is 70.3 Å².